The molecule has 0 unspecified atom stereocenters. The number of carboxylic acid groups (broad SMARTS) is 1. The van der Waals surface area contributed by atoms with E-state index in [9.17, 15) is 9.90 Å². The molecule has 31 heavy (non-hydrogen) atoms. The molecule has 0 bridgehead atoms. The second-order valence-corrected chi connectivity index (χ2v) is 7.93. The Labute approximate surface area is 182 Å². The second-order valence-electron chi connectivity index (χ2n) is 7.93. The number of hydrogen-bond donors (Lipinski definition) is 1. The third kappa shape index (κ3) is 5.33. The first kappa shape index (κ1) is 21.1. The molecule has 0 aliphatic carbocycles. The lowest BCUT2D eigenvalue weighted by atomic mass is 10.0. The number of benzene rings is 2. The van der Waals surface area contributed by atoms with Crippen molar-refractivity contribution in [3.63, 3.8) is 0 Å². The SMILES string of the molecule is Cc1oc(-c2ccccc2)nc1CCOc1ccc(C[C@@H](C(=O)O)N2CCCC2)cc1. The number of hydrogen-bond acceptors (Lipinski definition) is 5. The van der Waals surface area contributed by atoms with Crippen molar-refractivity contribution in [1.29, 1.82) is 0 Å². The second kappa shape index (κ2) is 9.79. The molecule has 0 amide bonds. The lowest BCUT2D eigenvalue weighted by Gasteiger charge is -2.23. The quantitative estimate of drug-likeness (QED) is 0.554. The lowest BCUT2D eigenvalue weighted by molar-refractivity contribution is -0.142. The van der Waals surface area contributed by atoms with E-state index >= 15 is 0 Å². The van der Waals surface area contributed by atoms with Crippen LogP contribution in [0.15, 0.2) is 59.0 Å². The maximum Gasteiger partial charge on any atom is 0.321 e. The summed E-state index contributed by atoms with van der Waals surface area (Å²) >= 11 is 0. The predicted octanol–water partition coefficient (Wildman–Crippen LogP) is 4.36. The van der Waals surface area contributed by atoms with Gasteiger partial charge in [0.05, 0.1) is 12.3 Å². The van der Waals surface area contributed by atoms with Gasteiger partial charge in [-0.25, -0.2) is 4.98 Å². The smallest absolute Gasteiger partial charge is 0.321 e. The van der Waals surface area contributed by atoms with E-state index in [1.807, 2.05) is 61.5 Å². The van der Waals surface area contributed by atoms with Crippen LogP contribution >= 0.6 is 0 Å². The highest BCUT2D eigenvalue weighted by atomic mass is 16.5. The number of carbonyl (C=O) groups is 1. The molecule has 2 heterocycles. The minimum absolute atomic E-state index is 0.455. The Hall–Kier alpha value is -3.12. The average Bonchev–Trinajstić information content (AvgIpc) is 3.44. The molecular weight excluding hydrogens is 392 g/mol. The van der Waals surface area contributed by atoms with Gasteiger partial charge in [-0.05, 0) is 69.1 Å². The van der Waals surface area contributed by atoms with Crippen molar-refractivity contribution in [1.82, 2.24) is 9.88 Å². The number of aliphatic carboxylic acids is 1. The Morgan fingerprint density at radius 3 is 2.52 bits per heavy atom. The van der Waals surface area contributed by atoms with Gasteiger partial charge in [0.15, 0.2) is 0 Å². The molecule has 1 saturated heterocycles. The third-order valence-electron chi connectivity index (χ3n) is 5.74. The first-order valence-corrected chi connectivity index (χ1v) is 10.8. The molecular formula is C25H28N2O4. The molecule has 3 aromatic rings. The Kier molecular flexibility index (Phi) is 6.67. The van der Waals surface area contributed by atoms with Crippen LogP contribution in [-0.4, -0.2) is 46.7 Å². The maximum atomic E-state index is 11.7. The summed E-state index contributed by atoms with van der Waals surface area (Å²) < 4.78 is 11.7. The Morgan fingerprint density at radius 1 is 1.13 bits per heavy atom. The van der Waals surface area contributed by atoms with Crippen LogP contribution in [0.25, 0.3) is 11.5 Å². The summed E-state index contributed by atoms with van der Waals surface area (Å²) in [5.74, 6) is 1.45. The molecule has 1 atom stereocenters. The van der Waals surface area contributed by atoms with Crippen LogP contribution in [0.3, 0.4) is 0 Å². The zero-order valence-electron chi connectivity index (χ0n) is 17.8. The van der Waals surface area contributed by atoms with E-state index in [1.54, 1.807) is 0 Å². The van der Waals surface area contributed by atoms with Gasteiger partial charge in [0.25, 0.3) is 0 Å². The molecule has 6 heteroatoms. The molecule has 1 aliphatic heterocycles. The van der Waals surface area contributed by atoms with E-state index < -0.39 is 12.0 Å². The summed E-state index contributed by atoms with van der Waals surface area (Å²) in [6.07, 6.45) is 3.32. The van der Waals surface area contributed by atoms with Gasteiger partial charge in [0.2, 0.25) is 5.89 Å². The molecule has 1 aliphatic rings. The van der Waals surface area contributed by atoms with E-state index in [4.69, 9.17) is 9.15 Å². The van der Waals surface area contributed by atoms with E-state index in [0.29, 0.717) is 25.3 Å². The van der Waals surface area contributed by atoms with E-state index in [1.165, 1.54) is 0 Å². The van der Waals surface area contributed by atoms with E-state index in [0.717, 1.165) is 54.3 Å². The molecule has 4 rings (SSSR count). The summed E-state index contributed by atoms with van der Waals surface area (Å²) in [7, 11) is 0. The topological polar surface area (TPSA) is 75.8 Å². The third-order valence-corrected chi connectivity index (χ3v) is 5.74. The number of aromatic nitrogens is 1. The normalized spacial score (nSPS) is 15.1. The zero-order chi connectivity index (χ0) is 21.6. The molecule has 1 N–H and O–H groups in total. The maximum absolute atomic E-state index is 11.7. The van der Waals surface area contributed by atoms with Gasteiger partial charge in [-0.2, -0.15) is 0 Å². The molecule has 0 spiro atoms. The molecule has 1 aromatic heterocycles. The van der Waals surface area contributed by atoms with Crippen molar-refractivity contribution in [2.24, 2.45) is 0 Å². The summed E-state index contributed by atoms with van der Waals surface area (Å²) in [5, 5.41) is 9.59. The number of ether oxygens (including phenoxy) is 1. The fraction of sp³-hybridized carbons (Fsp3) is 0.360. The number of aryl methyl sites for hydroxylation is 1. The minimum atomic E-state index is -0.750. The molecule has 0 saturated carbocycles. The lowest BCUT2D eigenvalue weighted by Crippen LogP contribution is -2.40. The van der Waals surface area contributed by atoms with Crippen molar-refractivity contribution < 1.29 is 19.1 Å². The van der Waals surface area contributed by atoms with E-state index in [2.05, 4.69) is 9.88 Å². The van der Waals surface area contributed by atoms with Crippen molar-refractivity contribution in [2.45, 2.75) is 38.6 Å². The molecule has 2 aromatic carbocycles. The Balaban J connectivity index is 1.31. The van der Waals surface area contributed by atoms with Gasteiger partial charge in [-0.3, -0.25) is 9.69 Å². The highest BCUT2D eigenvalue weighted by Crippen LogP contribution is 2.22. The molecule has 0 radical (unpaired) electrons. The van der Waals surface area contributed by atoms with Crippen LogP contribution in [0.1, 0.15) is 29.9 Å². The molecule has 1 fully saturated rings. The van der Waals surface area contributed by atoms with Crippen LogP contribution in [-0.2, 0) is 17.6 Å². The minimum Gasteiger partial charge on any atom is -0.493 e. The molecule has 162 valence electrons. The largest absolute Gasteiger partial charge is 0.493 e. The average molecular weight is 421 g/mol. The summed E-state index contributed by atoms with van der Waals surface area (Å²) in [6.45, 7) is 4.15. The van der Waals surface area contributed by atoms with Gasteiger partial charge >= 0.3 is 5.97 Å². The van der Waals surface area contributed by atoms with Gasteiger partial charge < -0.3 is 14.3 Å². The number of oxazole rings is 1. The van der Waals surface area contributed by atoms with Crippen LogP contribution in [0.4, 0.5) is 0 Å². The van der Waals surface area contributed by atoms with Crippen molar-refractivity contribution in [3.8, 4) is 17.2 Å². The van der Waals surface area contributed by atoms with Gasteiger partial charge in [-0.15, -0.1) is 0 Å². The monoisotopic (exact) mass is 420 g/mol. The van der Waals surface area contributed by atoms with Crippen molar-refractivity contribution >= 4 is 5.97 Å². The Bertz CT molecular complexity index is 992. The van der Waals surface area contributed by atoms with Crippen LogP contribution < -0.4 is 4.74 Å². The first-order valence-electron chi connectivity index (χ1n) is 10.8. The summed E-state index contributed by atoms with van der Waals surface area (Å²) in [6, 6.07) is 17.1. The Morgan fingerprint density at radius 2 is 1.84 bits per heavy atom. The number of rotatable bonds is 9. The zero-order valence-corrected chi connectivity index (χ0v) is 17.8. The van der Waals surface area contributed by atoms with Crippen LogP contribution in [0.2, 0.25) is 0 Å². The van der Waals surface area contributed by atoms with Crippen LogP contribution in [0.5, 0.6) is 5.75 Å². The fourth-order valence-corrected chi connectivity index (χ4v) is 4.00. The summed E-state index contributed by atoms with van der Waals surface area (Å²) in [4.78, 5) is 18.3. The van der Waals surface area contributed by atoms with Gasteiger partial charge in [0, 0.05) is 12.0 Å². The number of likely N-dealkylation sites (tertiary alicyclic amines) is 1. The first-order chi connectivity index (χ1) is 15.1. The predicted molar refractivity (Wildman–Crippen MR) is 118 cm³/mol. The highest BCUT2D eigenvalue weighted by molar-refractivity contribution is 5.74. The van der Waals surface area contributed by atoms with E-state index in [-0.39, 0.29) is 0 Å². The fourth-order valence-electron chi connectivity index (χ4n) is 4.00. The van der Waals surface area contributed by atoms with Crippen molar-refractivity contribution in [3.05, 3.63) is 71.6 Å². The van der Waals surface area contributed by atoms with Crippen molar-refractivity contribution in [2.75, 3.05) is 19.7 Å². The number of nitrogens with zero attached hydrogens (tertiary/aromatic N) is 2. The van der Waals surface area contributed by atoms with Gasteiger partial charge in [-0.1, -0.05) is 30.3 Å². The van der Waals surface area contributed by atoms with Gasteiger partial charge in [0.1, 0.15) is 17.6 Å². The van der Waals surface area contributed by atoms with Crippen LogP contribution in [0, 0.1) is 6.92 Å². The standard InChI is InChI=1S/C25H28N2O4/c1-18-22(26-24(31-18)20-7-3-2-4-8-20)13-16-30-21-11-9-19(10-12-21)17-23(25(28)29)27-14-5-6-15-27/h2-4,7-12,23H,5-6,13-17H2,1H3,(H,28,29)/t23-/m0/s1. The number of carboxylic acids is 1. The highest BCUT2D eigenvalue weighted by Gasteiger charge is 2.27. The summed E-state index contributed by atoms with van der Waals surface area (Å²) in [5.41, 5.74) is 2.86. The molecule has 6 nitrogen and oxygen atoms in total.